The van der Waals surface area contributed by atoms with Gasteiger partial charge < -0.3 is 14.6 Å². The van der Waals surface area contributed by atoms with Gasteiger partial charge in [-0.05, 0) is 91.9 Å². The molecule has 0 bridgehead atoms. The van der Waals surface area contributed by atoms with Gasteiger partial charge >= 0.3 is 0 Å². The molecule has 0 amide bonds. The van der Waals surface area contributed by atoms with Crippen molar-refractivity contribution in [2.24, 2.45) is 0 Å². The average Bonchev–Trinajstić information content (AvgIpc) is 2.99. The van der Waals surface area contributed by atoms with Gasteiger partial charge in [-0.3, -0.25) is 9.13 Å². The van der Waals surface area contributed by atoms with E-state index in [1.54, 1.807) is 47.4 Å². The van der Waals surface area contributed by atoms with E-state index in [0.717, 1.165) is 17.1 Å². The Bertz CT molecular complexity index is 1230. The smallest absolute Gasteiger partial charge is 0.218 e. The molecule has 0 radical (unpaired) electrons. The van der Waals surface area contributed by atoms with Gasteiger partial charge in [-0.2, -0.15) is 0 Å². The Morgan fingerprint density at radius 3 is 1.77 bits per heavy atom. The third kappa shape index (κ3) is 3.67. The van der Waals surface area contributed by atoms with E-state index >= 15 is 0 Å². The van der Waals surface area contributed by atoms with Crippen molar-refractivity contribution in [2.75, 3.05) is 7.11 Å². The molecule has 0 aliphatic rings. The highest BCUT2D eigenvalue weighted by Gasteiger charge is 2.16. The molecule has 0 aliphatic heterocycles. The summed E-state index contributed by atoms with van der Waals surface area (Å²) in [6.45, 7) is 1.80. The fraction of sp³-hybridized carbons (Fsp3) is 0.0870. The molecule has 152 valence electrons. The minimum absolute atomic E-state index is 0.0665. The van der Waals surface area contributed by atoms with E-state index in [2.05, 4.69) is 0 Å². The molecule has 3 aromatic carbocycles. The summed E-state index contributed by atoms with van der Waals surface area (Å²) in [5.74, 6) is 1.62. The van der Waals surface area contributed by atoms with Crippen LogP contribution in [0.5, 0.6) is 23.1 Å². The number of nitrogens with zero attached hydrogens (tertiary/aromatic N) is 2. The number of aromatic nitrogens is 2. The Hall–Kier alpha value is -3.58. The first-order chi connectivity index (χ1) is 14.5. The van der Waals surface area contributed by atoms with Gasteiger partial charge in [-0.1, -0.05) is 0 Å². The molecule has 0 aliphatic carbocycles. The van der Waals surface area contributed by atoms with Crippen LogP contribution in [0.25, 0.3) is 11.4 Å². The second kappa shape index (κ2) is 8.04. The van der Waals surface area contributed by atoms with E-state index in [1.807, 2.05) is 36.4 Å². The van der Waals surface area contributed by atoms with Crippen molar-refractivity contribution < 1.29 is 19.0 Å². The van der Waals surface area contributed by atoms with Gasteiger partial charge in [-0.25, -0.2) is 4.39 Å². The highest BCUT2D eigenvalue weighted by molar-refractivity contribution is 7.71. The van der Waals surface area contributed by atoms with Crippen LogP contribution in [0.3, 0.4) is 0 Å². The number of ether oxygens (including phenoxy) is 2. The normalized spacial score (nSPS) is 10.8. The van der Waals surface area contributed by atoms with Gasteiger partial charge in [0.2, 0.25) is 5.88 Å². The zero-order valence-corrected chi connectivity index (χ0v) is 17.2. The highest BCUT2D eigenvalue weighted by atomic mass is 32.1. The molecule has 1 heterocycles. The number of methoxy groups -OCH3 is 1. The molecular weight excluding hydrogens is 403 g/mol. The molecule has 4 aromatic rings. The molecule has 7 heteroatoms. The molecule has 0 saturated heterocycles. The first-order valence-electron chi connectivity index (χ1n) is 9.19. The number of imidazole rings is 1. The SMILES string of the molecule is COc1ccc(-n2c(O)c(C)n(-c3ccc(Oc4ccc(F)cc4)cc3)c2=S)cc1. The monoisotopic (exact) mass is 422 g/mol. The zero-order valence-electron chi connectivity index (χ0n) is 16.4. The summed E-state index contributed by atoms with van der Waals surface area (Å²) < 4.78 is 27.8. The Balaban J connectivity index is 1.67. The van der Waals surface area contributed by atoms with Crippen LogP contribution in [-0.2, 0) is 0 Å². The van der Waals surface area contributed by atoms with Crippen LogP contribution in [0, 0.1) is 17.5 Å². The van der Waals surface area contributed by atoms with Crippen molar-refractivity contribution in [3.63, 3.8) is 0 Å². The van der Waals surface area contributed by atoms with E-state index in [9.17, 15) is 9.50 Å². The minimum atomic E-state index is -0.316. The maximum Gasteiger partial charge on any atom is 0.218 e. The number of benzene rings is 3. The standard InChI is InChI=1S/C23H19FN2O3S/c1-15-22(27)26(18-5-11-19(28-2)12-6-18)23(30)25(15)17-7-13-21(14-8-17)29-20-9-3-16(24)4-10-20/h3-14,27H,1-2H3. The van der Waals surface area contributed by atoms with Crippen LogP contribution >= 0.6 is 12.2 Å². The summed E-state index contributed by atoms with van der Waals surface area (Å²) in [4.78, 5) is 0. The molecule has 0 atom stereocenters. The molecule has 5 nitrogen and oxygen atoms in total. The van der Waals surface area contributed by atoms with E-state index in [0.29, 0.717) is 22.0 Å². The molecular formula is C23H19FN2O3S. The Kier molecular flexibility index (Phi) is 5.29. The van der Waals surface area contributed by atoms with Gasteiger partial charge in [0.1, 0.15) is 23.1 Å². The van der Waals surface area contributed by atoms with Crippen molar-refractivity contribution in [3.05, 3.63) is 89.1 Å². The largest absolute Gasteiger partial charge is 0.497 e. The lowest BCUT2D eigenvalue weighted by Crippen LogP contribution is -1.99. The van der Waals surface area contributed by atoms with Crippen molar-refractivity contribution in [1.29, 1.82) is 0 Å². The number of hydrogen-bond donors (Lipinski definition) is 1. The molecule has 0 saturated carbocycles. The summed E-state index contributed by atoms with van der Waals surface area (Å²) in [7, 11) is 1.60. The maximum atomic E-state index is 13.0. The molecule has 0 spiro atoms. The molecule has 0 unspecified atom stereocenters. The van der Waals surface area contributed by atoms with Crippen molar-refractivity contribution in [3.8, 4) is 34.5 Å². The Morgan fingerprint density at radius 1 is 0.767 bits per heavy atom. The number of hydrogen-bond acceptors (Lipinski definition) is 4. The topological polar surface area (TPSA) is 48.5 Å². The van der Waals surface area contributed by atoms with Crippen LogP contribution < -0.4 is 9.47 Å². The first kappa shape index (κ1) is 19.7. The summed E-state index contributed by atoms with van der Waals surface area (Å²) in [5.41, 5.74) is 2.13. The lowest BCUT2D eigenvalue weighted by molar-refractivity contribution is 0.414. The fourth-order valence-corrected chi connectivity index (χ4v) is 3.60. The van der Waals surface area contributed by atoms with Gasteiger partial charge in [0.25, 0.3) is 0 Å². The molecule has 0 fully saturated rings. The third-order valence-electron chi connectivity index (χ3n) is 4.73. The zero-order chi connectivity index (χ0) is 21.3. The second-order valence-corrected chi connectivity index (χ2v) is 6.98. The van der Waals surface area contributed by atoms with Crippen molar-refractivity contribution in [2.45, 2.75) is 6.92 Å². The Morgan fingerprint density at radius 2 is 1.23 bits per heavy atom. The van der Waals surface area contributed by atoms with Crippen LogP contribution in [0.4, 0.5) is 4.39 Å². The van der Waals surface area contributed by atoms with Crippen molar-refractivity contribution >= 4 is 12.2 Å². The van der Waals surface area contributed by atoms with E-state index in [1.165, 1.54) is 12.1 Å². The average molecular weight is 422 g/mol. The lowest BCUT2D eigenvalue weighted by Gasteiger charge is -2.09. The first-order valence-corrected chi connectivity index (χ1v) is 9.60. The van der Waals surface area contributed by atoms with Crippen LogP contribution in [-0.4, -0.2) is 21.4 Å². The van der Waals surface area contributed by atoms with E-state index in [4.69, 9.17) is 21.7 Å². The molecule has 30 heavy (non-hydrogen) atoms. The highest BCUT2D eigenvalue weighted by Crippen LogP contribution is 2.30. The summed E-state index contributed by atoms with van der Waals surface area (Å²) >= 11 is 5.64. The second-order valence-electron chi connectivity index (χ2n) is 6.61. The van der Waals surface area contributed by atoms with Crippen molar-refractivity contribution in [1.82, 2.24) is 9.13 Å². The molecule has 4 rings (SSSR count). The predicted octanol–water partition coefficient (Wildman–Crippen LogP) is 5.95. The predicted molar refractivity (Wildman–Crippen MR) is 115 cm³/mol. The van der Waals surface area contributed by atoms with Gasteiger partial charge in [0.15, 0.2) is 4.77 Å². The van der Waals surface area contributed by atoms with Crippen LogP contribution in [0.15, 0.2) is 72.8 Å². The lowest BCUT2D eigenvalue weighted by atomic mass is 10.3. The number of aromatic hydroxyl groups is 1. The van der Waals surface area contributed by atoms with Gasteiger partial charge in [-0.15, -0.1) is 0 Å². The van der Waals surface area contributed by atoms with E-state index < -0.39 is 0 Å². The summed E-state index contributed by atoms with van der Waals surface area (Å²) in [6.07, 6.45) is 0. The third-order valence-corrected chi connectivity index (χ3v) is 5.09. The number of halogens is 1. The van der Waals surface area contributed by atoms with Crippen LogP contribution in [0.2, 0.25) is 0 Å². The summed E-state index contributed by atoms with van der Waals surface area (Å²) in [5, 5.41) is 10.7. The van der Waals surface area contributed by atoms with Crippen LogP contribution in [0.1, 0.15) is 5.69 Å². The molecule has 1 aromatic heterocycles. The fourth-order valence-electron chi connectivity index (χ4n) is 3.17. The van der Waals surface area contributed by atoms with Gasteiger partial charge in [0.05, 0.1) is 18.5 Å². The van der Waals surface area contributed by atoms with Gasteiger partial charge in [0, 0.05) is 5.69 Å². The quantitative estimate of drug-likeness (QED) is 0.404. The number of rotatable bonds is 5. The molecule has 1 N–H and O–H groups in total. The Labute approximate surface area is 178 Å². The summed E-state index contributed by atoms with van der Waals surface area (Å²) in [6, 6.07) is 20.4. The minimum Gasteiger partial charge on any atom is -0.497 e. The maximum absolute atomic E-state index is 13.0. The van der Waals surface area contributed by atoms with E-state index in [-0.39, 0.29) is 11.7 Å².